The highest BCUT2D eigenvalue weighted by atomic mass is 32.2. The van der Waals surface area contributed by atoms with Gasteiger partial charge in [0.05, 0.1) is 12.5 Å². The number of thioether (sulfide) groups is 1. The summed E-state index contributed by atoms with van der Waals surface area (Å²) in [6.07, 6.45) is 3.73. The van der Waals surface area contributed by atoms with Gasteiger partial charge in [-0.15, -0.1) is 11.8 Å². The number of amides is 1. The number of hydrogen-bond donors (Lipinski definition) is 2. The van der Waals surface area contributed by atoms with Crippen LogP contribution in [-0.4, -0.2) is 36.5 Å². The molecule has 0 spiro atoms. The van der Waals surface area contributed by atoms with Gasteiger partial charge in [0, 0.05) is 11.5 Å². The van der Waals surface area contributed by atoms with Gasteiger partial charge >= 0.3 is 5.97 Å². The summed E-state index contributed by atoms with van der Waals surface area (Å²) in [6.45, 7) is 2.54. The molecule has 122 valence electrons. The number of benzene rings is 1. The minimum absolute atomic E-state index is 0.0426. The third-order valence-corrected chi connectivity index (χ3v) is 3.85. The van der Waals surface area contributed by atoms with Crippen LogP contribution in [0.5, 0.6) is 0 Å². The number of carboxylic acid groups (broad SMARTS) is 1. The van der Waals surface area contributed by atoms with E-state index in [4.69, 9.17) is 9.84 Å². The van der Waals surface area contributed by atoms with Crippen LogP contribution in [0, 0.1) is 0 Å². The van der Waals surface area contributed by atoms with Crippen molar-refractivity contribution in [1.82, 2.24) is 5.32 Å². The summed E-state index contributed by atoms with van der Waals surface area (Å²) < 4.78 is 5.25. The summed E-state index contributed by atoms with van der Waals surface area (Å²) in [7, 11) is 0. The van der Waals surface area contributed by atoms with E-state index in [-0.39, 0.29) is 18.9 Å². The lowest BCUT2D eigenvalue weighted by molar-refractivity contribution is -0.138. The summed E-state index contributed by atoms with van der Waals surface area (Å²) in [5, 5.41) is 11.7. The smallest absolute Gasteiger partial charge is 0.305 e. The van der Waals surface area contributed by atoms with Gasteiger partial charge in [-0.3, -0.25) is 9.59 Å². The van der Waals surface area contributed by atoms with Gasteiger partial charge in [-0.2, -0.15) is 0 Å². The van der Waals surface area contributed by atoms with Gasteiger partial charge in [0.2, 0.25) is 5.91 Å². The van der Waals surface area contributed by atoms with Crippen molar-refractivity contribution in [2.75, 3.05) is 19.5 Å². The minimum Gasteiger partial charge on any atom is -0.481 e. The third-order valence-electron chi connectivity index (χ3n) is 3.11. The molecule has 1 aromatic carbocycles. The standard InChI is InChI=1S/C16H23NO4S/c1-3-4-9-21-11-15(18)17-14(10-16(19)20)12-5-7-13(22-2)8-6-12/h5-8,14H,3-4,9-11H2,1-2H3,(H,17,18)(H,19,20). The molecule has 1 amide bonds. The van der Waals surface area contributed by atoms with Gasteiger partial charge in [-0.25, -0.2) is 0 Å². The second-order valence-electron chi connectivity index (χ2n) is 4.90. The zero-order chi connectivity index (χ0) is 16.4. The molecule has 0 saturated carbocycles. The average Bonchev–Trinajstić information content (AvgIpc) is 2.50. The monoisotopic (exact) mass is 325 g/mol. The molecule has 0 aliphatic rings. The van der Waals surface area contributed by atoms with E-state index < -0.39 is 12.0 Å². The van der Waals surface area contributed by atoms with Crippen LogP contribution in [0.25, 0.3) is 0 Å². The fourth-order valence-corrected chi connectivity index (χ4v) is 2.32. The van der Waals surface area contributed by atoms with Crippen molar-refractivity contribution in [3.05, 3.63) is 29.8 Å². The van der Waals surface area contributed by atoms with Crippen LogP contribution in [0.15, 0.2) is 29.2 Å². The molecule has 1 unspecified atom stereocenters. The molecule has 1 aromatic rings. The van der Waals surface area contributed by atoms with E-state index >= 15 is 0 Å². The Kier molecular flexibility index (Phi) is 8.62. The zero-order valence-corrected chi connectivity index (χ0v) is 13.8. The number of carboxylic acids is 1. The molecule has 1 atom stereocenters. The predicted octanol–water partition coefficient (Wildman–Crippen LogP) is 2.86. The lowest BCUT2D eigenvalue weighted by Crippen LogP contribution is -2.33. The Bertz CT molecular complexity index is 476. The third kappa shape index (κ3) is 6.95. The number of aliphatic carboxylic acids is 1. The molecular weight excluding hydrogens is 302 g/mol. The van der Waals surface area contributed by atoms with Crippen LogP contribution in [-0.2, 0) is 14.3 Å². The Morgan fingerprint density at radius 2 is 2.00 bits per heavy atom. The number of nitrogens with one attached hydrogen (secondary N) is 1. The first kappa shape index (κ1) is 18.5. The molecule has 1 rings (SSSR count). The Morgan fingerprint density at radius 1 is 1.32 bits per heavy atom. The maximum atomic E-state index is 11.9. The van der Waals surface area contributed by atoms with E-state index in [1.807, 2.05) is 37.4 Å². The molecule has 0 aromatic heterocycles. The first-order valence-corrected chi connectivity index (χ1v) is 8.52. The highest BCUT2D eigenvalue weighted by molar-refractivity contribution is 7.98. The zero-order valence-electron chi connectivity index (χ0n) is 13.0. The van der Waals surface area contributed by atoms with E-state index in [1.165, 1.54) is 0 Å². The summed E-state index contributed by atoms with van der Waals surface area (Å²) in [6, 6.07) is 6.97. The minimum atomic E-state index is -0.953. The normalized spacial score (nSPS) is 11.9. The lowest BCUT2D eigenvalue weighted by atomic mass is 10.0. The topological polar surface area (TPSA) is 75.6 Å². The number of carbonyl (C=O) groups is 2. The molecule has 0 aliphatic carbocycles. The fraction of sp³-hybridized carbons (Fsp3) is 0.500. The van der Waals surface area contributed by atoms with Crippen LogP contribution in [0.1, 0.15) is 37.8 Å². The summed E-state index contributed by atoms with van der Waals surface area (Å²) in [4.78, 5) is 24.0. The van der Waals surface area contributed by atoms with Crippen LogP contribution >= 0.6 is 11.8 Å². The SMILES string of the molecule is CCCCOCC(=O)NC(CC(=O)O)c1ccc(SC)cc1. The van der Waals surface area contributed by atoms with Gasteiger partial charge in [-0.1, -0.05) is 25.5 Å². The molecule has 0 aliphatic heterocycles. The van der Waals surface area contributed by atoms with Gasteiger partial charge in [0.25, 0.3) is 0 Å². The van der Waals surface area contributed by atoms with Crippen molar-refractivity contribution in [2.45, 2.75) is 37.1 Å². The molecule has 22 heavy (non-hydrogen) atoms. The Balaban J connectivity index is 2.63. The van der Waals surface area contributed by atoms with Crippen molar-refractivity contribution in [2.24, 2.45) is 0 Å². The van der Waals surface area contributed by atoms with Gasteiger partial charge in [-0.05, 0) is 30.4 Å². The molecule has 0 bridgehead atoms. The Hall–Kier alpha value is -1.53. The molecule has 5 nitrogen and oxygen atoms in total. The van der Waals surface area contributed by atoms with Crippen LogP contribution in [0.4, 0.5) is 0 Å². The molecule has 0 fully saturated rings. The average molecular weight is 325 g/mol. The van der Waals surface area contributed by atoms with Crippen molar-refractivity contribution >= 4 is 23.6 Å². The first-order chi connectivity index (χ1) is 10.6. The van der Waals surface area contributed by atoms with Gasteiger partial charge in [0.1, 0.15) is 6.61 Å². The highest BCUT2D eigenvalue weighted by Gasteiger charge is 2.18. The predicted molar refractivity (Wildman–Crippen MR) is 87.1 cm³/mol. The summed E-state index contributed by atoms with van der Waals surface area (Å²) in [5.41, 5.74) is 0.780. The number of ether oxygens (including phenoxy) is 1. The second kappa shape index (κ2) is 10.2. The van der Waals surface area contributed by atoms with Gasteiger partial charge in [0.15, 0.2) is 0 Å². The fourth-order valence-electron chi connectivity index (χ4n) is 1.91. The van der Waals surface area contributed by atoms with Crippen molar-refractivity contribution in [3.63, 3.8) is 0 Å². The van der Waals surface area contributed by atoms with Gasteiger partial charge < -0.3 is 15.2 Å². The lowest BCUT2D eigenvalue weighted by Gasteiger charge is -2.18. The van der Waals surface area contributed by atoms with E-state index in [9.17, 15) is 9.59 Å². The second-order valence-corrected chi connectivity index (χ2v) is 5.78. The van der Waals surface area contributed by atoms with Crippen LogP contribution < -0.4 is 5.32 Å². The molecule has 0 heterocycles. The highest BCUT2D eigenvalue weighted by Crippen LogP contribution is 2.21. The van der Waals surface area contributed by atoms with E-state index in [1.54, 1.807) is 11.8 Å². The molecule has 2 N–H and O–H groups in total. The number of unbranched alkanes of at least 4 members (excludes halogenated alkanes) is 1. The van der Waals surface area contributed by atoms with Crippen molar-refractivity contribution in [1.29, 1.82) is 0 Å². The summed E-state index contributed by atoms with van der Waals surface area (Å²) >= 11 is 1.61. The molecule has 6 heteroatoms. The Morgan fingerprint density at radius 3 is 2.55 bits per heavy atom. The molecule has 0 saturated heterocycles. The van der Waals surface area contributed by atoms with Crippen LogP contribution in [0.3, 0.4) is 0 Å². The molecular formula is C16H23NO4S. The number of rotatable bonds is 10. The maximum Gasteiger partial charge on any atom is 0.305 e. The quantitative estimate of drug-likeness (QED) is 0.511. The number of hydrogen-bond acceptors (Lipinski definition) is 4. The maximum absolute atomic E-state index is 11.9. The Labute approximate surface area is 135 Å². The number of carbonyl (C=O) groups excluding carboxylic acids is 1. The first-order valence-electron chi connectivity index (χ1n) is 7.29. The summed E-state index contributed by atoms with van der Waals surface area (Å²) in [5.74, 6) is -1.25. The van der Waals surface area contributed by atoms with E-state index in [2.05, 4.69) is 5.32 Å². The molecule has 0 radical (unpaired) electrons. The van der Waals surface area contributed by atoms with Crippen molar-refractivity contribution < 1.29 is 19.4 Å². The largest absolute Gasteiger partial charge is 0.481 e. The van der Waals surface area contributed by atoms with E-state index in [0.717, 1.165) is 23.3 Å². The van der Waals surface area contributed by atoms with Crippen LogP contribution in [0.2, 0.25) is 0 Å². The van der Waals surface area contributed by atoms with E-state index in [0.29, 0.717) is 6.61 Å². The van der Waals surface area contributed by atoms with Crippen molar-refractivity contribution in [3.8, 4) is 0 Å².